The van der Waals surface area contributed by atoms with Crippen LogP contribution >= 0.6 is 0 Å². The van der Waals surface area contributed by atoms with Crippen molar-refractivity contribution in [3.05, 3.63) is 36.6 Å². The van der Waals surface area contributed by atoms with Crippen LogP contribution in [0.1, 0.15) is 11.4 Å². The average molecular weight is 179 g/mol. The Balaban J connectivity index is 0.000000145. The second-order valence-corrected chi connectivity index (χ2v) is 2.70. The largest absolute Gasteiger partial charge is 0.452 e. The van der Waals surface area contributed by atoms with Gasteiger partial charge in [0, 0.05) is 12.7 Å². The molecule has 2 heterocycles. The standard InChI is InChI=1S/C6H10N2.C3H3NO/c1-5-6(2)8(3)4-7-5;1-2-5-3-4-1/h4H,1-3H3;1-3H. The molecule has 13 heavy (non-hydrogen) atoms. The molecular formula is C9H13N3O. The van der Waals surface area contributed by atoms with Gasteiger partial charge in [0.2, 0.25) is 0 Å². The van der Waals surface area contributed by atoms with Gasteiger partial charge in [-0.2, -0.15) is 0 Å². The molecule has 0 aromatic carbocycles. The molecule has 0 saturated carbocycles. The van der Waals surface area contributed by atoms with Crippen molar-refractivity contribution < 1.29 is 4.42 Å². The summed E-state index contributed by atoms with van der Waals surface area (Å²) in [4.78, 5) is 7.63. The monoisotopic (exact) mass is 179 g/mol. The van der Waals surface area contributed by atoms with Gasteiger partial charge in [0.05, 0.1) is 18.2 Å². The Hall–Kier alpha value is -1.58. The highest BCUT2D eigenvalue weighted by atomic mass is 16.3. The highest BCUT2D eigenvalue weighted by Crippen LogP contribution is 1.99. The molecule has 0 saturated heterocycles. The maximum atomic E-state index is 4.47. The molecular weight excluding hydrogens is 166 g/mol. The summed E-state index contributed by atoms with van der Waals surface area (Å²) in [5, 5.41) is 0. The molecule has 0 unspecified atom stereocenters. The third kappa shape index (κ3) is 2.74. The van der Waals surface area contributed by atoms with Crippen molar-refractivity contribution >= 4 is 0 Å². The van der Waals surface area contributed by atoms with Gasteiger partial charge in [0.15, 0.2) is 6.39 Å². The Morgan fingerprint density at radius 3 is 2.31 bits per heavy atom. The maximum Gasteiger partial charge on any atom is 0.180 e. The number of aromatic nitrogens is 3. The first-order valence-corrected chi connectivity index (χ1v) is 3.98. The van der Waals surface area contributed by atoms with E-state index in [-0.39, 0.29) is 0 Å². The Bertz CT molecular complexity index is 301. The highest BCUT2D eigenvalue weighted by molar-refractivity contribution is 5.07. The van der Waals surface area contributed by atoms with Crippen molar-refractivity contribution in [1.29, 1.82) is 0 Å². The predicted molar refractivity (Wildman–Crippen MR) is 49.2 cm³/mol. The van der Waals surface area contributed by atoms with Crippen molar-refractivity contribution in [3.63, 3.8) is 0 Å². The SMILES string of the molecule is Cc1ncn(C)c1C.c1cocn1. The molecule has 0 atom stereocenters. The Kier molecular flexibility index (Phi) is 3.25. The first-order chi connectivity index (χ1) is 6.22. The van der Waals surface area contributed by atoms with Gasteiger partial charge in [-0.05, 0) is 13.8 Å². The van der Waals surface area contributed by atoms with Crippen molar-refractivity contribution in [3.8, 4) is 0 Å². The number of aryl methyl sites for hydroxylation is 2. The van der Waals surface area contributed by atoms with Gasteiger partial charge in [-0.25, -0.2) is 9.97 Å². The Morgan fingerprint density at radius 1 is 1.38 bits per heavy atom. The van der Waals surface area contributed by atoms with Crippen LogP contribution in [0.4, 0.5) is 0 Å². The van der Waals surface area contributed by atoms with Crippen LogP contribution in [0.25, 0.3) is 0 Å². The van der Waals surface area contributed by atoms with Gasteiger partial charge in [0.1, 0.15) is 6.26 Å². The number of hydrogen-bond donors (Lipinski definition) is 0. The summed E-state index contributed by atoms with van der Waals surface area (Å²) in [6, 6.07) is 0. The van der Waals surface area contributed by atoms with Crippen LogP contribution in [0.15, 0.2) is 29.6 Å². The van der Waals surface area contributed by atoms with E-state index >= 15 is 0 Å². The van der Waals surface area contributed by atoms with Crippen molar-refractivity contribution in [2.24, 2.45) is 7.05 Å². The van der Waals surface area contributed by atoms with Crippen molar-refractivity contribution in [1.82, 2.24) is 14.5 Å². The first-order valence-electron chi connectivity index (χ1n) is 3.98. The lowest BCUT2D eigenvalue weighted by Crippen LogP contribution is -1.87. The first kappa shape index (κ1) is 9.51. The quantitative estimate of drug-likeness (QED) is 0.618. The third-order valence-corrected chi connectivity index (χ3v) is 1.82. The number of oxazole rings is 1. The third-order valence-electron chi connectivity index (χ3n) is 1.82. The molecule has 0 spiro atoms. The zero-order valence-corrected chi connectivity index (χ0v) is 8.06. The number of nitrogens with zero attached hydrogens (tertiary/aromatic N) is 3. The minimum absolute atomic E-state index is 1.12. The molecule has 4 heteroatoms. The molecule has 0 aliphatic carbocycles. The molecule has 2 aromatic heterocycles. The van der Waals surface area contributed by atoms with Crippen molar-refractivity contribution in [2.45, 2.75) is 13.8 Å². The summed E-state index contributed by atoms with van der Waals surface area (Å²) >= 11 is 0. The summed E-state index contributed by atoms with van der Waals surface area (Å²) in [6.45, 7) is 4.07. The smallest absolute Gasteiger partial charge is 0.180 e. The van der Waals surface area contributed by atoms with E-state index in [1.54, 1.807) is 6.20 Å². The zero-order valence-electron chi connectivity index (χ0n) is 8.06. The van der Waals surface area contributed by atoms with E-state index in [1.165, 1.54) is 18.4 Å². The minimum Gasteiger partial charge on any atom is -0.452 e. The molecule has 2 rings (SSSR count). The van der Waals surface area contributed by atoms with E-state index in [0.717, 1.165) is 5.69 Å². The van der Waals surface area contributed by atoms with Crippen molar-refractivity contribution in [2.75, 3.05) is 0 Å². The van der Waals surface area contributed by atoms with Gasteiger partial charge >= 0.3 is 0 Å². The van der Waals surface area contributed by atoms with E-state index in [4.69, 9.17) is 0 Å². The topological polar surface area (TPSA) is 43.9 Å². The molecule has 2 aromatic rings. The molecule has 70 valence electrons. The molecule has 0 fully saturated rings. The second-order valence-electron chi connectivity index (χ2n) is 2.70. The van der Waals surface area contributed by atoms with E-state index in [1.807, 2.05) is 24.9 Å². The fourth-order valence-electron chi connectivity index (χ4n) is 0.784. The van der Waals surface area contributed by atoms with Crippen LogP contribution in [0.2, 0.25) is 0 Å². The van der Waals surface area contributed by atoms with Gasteiger partial charge in [-0.3, -0.25) is 0 Å². The van der Waals surface area contributed by atoms with Crippen LogP contribution < -0.4 is 0 Å². The zero-order chi connectivity index (χ0) is 9.68. The van der Waals surface area contributed by atoms with Crippen LogP contribution in [0.5, 0.6) is 0 Å². The lowest BCUT2D eigenvalue weighted by molar-refractivity contribution is 0.558. The van der Waals surface area contributed by atoms with Crippen LogP contribution in [-0.2, 0) is 7.05 Å². The summed E-state index contributed by atoms with van der Waals surface area (Å²) in [5.74, 6) is 0. The van der Waals surface area contributed by atoms with Crippen LogP contribution in [0, 0.1) is 13.8 Å². The number of rotatable bonds is 0. The van der Waals surface area contributed by atoms with Gasteiger partial charge in [0.25, 0.3) is 0 Å². The van der Waals surface area contributed by atoms with Gasteiger partial charge in [-0.1, -0.05) is 0 Å². The average Bonchev–Trinajstić information content (AvgIpc) is 2.75. The second kappa shape index (κ2) is 4.45. The normalized spacial score (nSPS) is 9.15. The van der Waals surface area contributed by atoms with Crippen LogP contribution in [-0.4, -0.2) is 14.5 Å². The molecule has 0 aliphatic heterocycles. The Morgan fingerprint density at radius 2 is 2.15 bits per heavy atom. The molecule has 4 nitrogen and oxygen atoms in total. The summed E-state index contributed by atoms with van der Waals surface area (Å²) in [6.07, 6.45) is 6.30. The maximum absolute atomic E-state index is 4.47. The van der Waals surface area contributed by atoms with Gasteiger partial charge in [-0.15, -0.1) is 0 Å². The van der Waals surface area contributed by atoms with E-state index < -0.39 is 0 Å². The lowest BCUT2D eigenvalue weighted by Gasteiger charge is -1.90. The van der Waals surface area contributed by atoms with Gasteiger partial charge < -0.3 is 8.98 Å². The van der Waals surface area contributed by atoms with E-state index in [9.17, 15) is 0 Å². The molecule has 0 amide bonds. The molecule has 0 aliphatic rings. The predicted octanol–water partition coefficient (Wildman–Crippen LogP) is 1.71. The summed E-state index contributed by atoms with van der Waals surface area (Å²) < 4.78 is 6.48. The number of hydrogen-bond acceptors (Lipinski definition) is 3. The Labute approximate surface area is 77.2 Å². The fraction of sp³-hybridized carbons (Fsp3) is 0.333. The highest BCUT2D eigenvalue weighted by Gasteiger charge is 1.93. The van der Waals surface area contributed by atoms with E-state index in [2.05, 4.69) is 21.3 Å². The summed E-state index contributed by atoms with van der Waals surface area (Å²) in [5.41, 5.74) is 2.36. The number of imidazole rings is 1. The fourth-order valence-corrected chi connectivity index (χ4v) is 0.784. The summed E-state index contributed by atoms with van der Waals surface area (Å²) in [7, 11) is 2.00. The van der Waals surface area contributed by atoms with Crippen LogP contribution in [0.3, 0.4) is 0 Å². The van der Waals surface area contributed by atoms with E-state index in [0.29, 0.717) is 0 Å². The lowest BCUT2D eigenvalue weighted by atomic mass is 10.4. The minimum atomic E-state index is 1.12. The molecule has 0 radical (unpaired) electrons. The molecule has 0 bridgehead atoms. The molecule has 0 N–H and O–H groups in total.